The quantitative estimate of drug-likeness (QED) is 0.686. The van der Waals surface area contributed by atoms with Crippen molar-refractivity contribution in [2.75, 3.05) is 33.3 Å². The van der Waals surface area contributed by atoms with Gasteiger partial charge in [0.05, 0.1) is 12.6 Å². The first kappa shape index (κ1) is 14.5. The number of carbonyl (C=O) groups excluding carboxylic acids is 1. The molecule has 0 aromatic heterocycles. The first-order valence-electron chi connectivity index (χ1n) is 6.79. The highest BCUT2D eigenvalue weighted by molar-refractivity contribution is 5.77. The van der Waals surface area contributed by atoms with Gasteiger partial charge in [-0.05, 0) is 32.7 Å². The first-order chi connectivity index (χ1) is 8.22. The van der Waals surface area contributed by atoms with Gasteiger partial charge >= 0.3 is 0 Å². The van der Waals surface area contributed by atoms with Crippen molar-refractivity contribution < 1.29 is 9.53 Å². The van der Waals surface area contributed by atoms with Crippen LogP contribution in [0.3, 0.4) is 0 Å². The van der Waals surface area contributed by atoms with Gasteiger partial charge in [0.15, 0.2) is 0 Å². The fourth-order valence-electron chi connectivity index (χ4n) is 2.07. The molecule has 1 aliphatic heterocycles. The molecule has 0 saturated carbocycles. The number of nitrogens with zero attached hydrogens (tertiary/aromatic N) is 1. The molecule has 4 heteroatoms. The zero-order chi connectivity index (χ0) is 12.5. The third kappa shape index (κ3) is 6.64. The van der Waals surface area contributed by atoms with Crippen molar-refractivity contribution in [2.24, 2.45) is 0 Å². The third-order valence-corrected chi connectivity index (χ3v) is 3.06. The average molecular weight is 242 g/mol. The summed E-state index contributed by atoms with van der Waals surface area (Å²) < 4.78 is 5.66. The maximum atomic E-state index is 11.6. The van der Waals surface area contributed by atoms with Crippen molar-refractivity contribution in [3.8, 4) is 0 Å². The highest BCUT2D eigenvalue weighted by Gasteiger charge is 2.16. The van der Waals surface area contributed by atoms with Crippen LogP contribution in [0.15, 0.2) is 0 Å². The van der Waals surface area contributed by atoms with Crippen LogP contribution in [-0.2, 0) is 9.53 Å². The van der Waals surface area contributed by atoms with Crippen molar-refractivity contribution in [3.63, 3.8) is 0 Å². The molecule has 0 aliphatic carbocycles. The molecule has 0 spiro atoms. The Morgan fingerprint density at radius 1 is 1.47 bits per heavy atom. The van der Waals surface area contributed by atoms with Gasteiger partial charge in [0.1, 0.15) is 0 Å². The Morgan fingerprint density at radius 3 is 2.94 bits per heavy atom. The molecule has 1 amide bonds. The largest absolute Gasteiger partial charge is 0.377 e. The van der Waals surface area contributed by atoms with Gasteiger partial charge in [-0.3, -0.25) is 9.69 Å². The van der Waals surface area contributed by atoms with Crippen LogP contribution in [0.2, 0.25) is 0 Å². The van der Waals surface area contributed by atoms with E-state index in [1.807, 2.05) is 7.05 Å². The average Bonchev–Trinajstić information content (AvgIpc) is 2.30. The number of hydrogen-bond acceptors (Lipinski definition) is 3. The summed E-state index contributed by atoms with van der Waals surface area (Å²) in [7, 11) is 1.98. The third-order valence-electron chi connectivity index (χ3n) is 3.06. The lowest BCUT2D eigenvalue weighted by Gasteiger charge is -2.27. The normalized spacial score (nSPS) is 20.5. The smallest absolute Gasteiger partial charge is 0.234 e. The predicted molar refractivity (Wildman–Crippen MR) is 69.0 cm³/mol. The second-order valence-electron chi connectivity index (χ2n) is 4.89. The molecule has 1 atom stereocenters. The van der Waals surface area contributed by atoms with Crippen LogP contribution < -0.4 is 5.32 Å². The van der Waals surface area contributed by atoms with Gasteiger partial charge in [0, 0.05) is 19.7 Å². The lowest BCUT2D eigenvalue weighted by molar-refractivity contribution is -0.122. The molecule has 17 heavy (non-hydrogen) atoms. The summed E-state index contributed by atoms with van der Waals surface area (Å²) in [5, 5.41) is 2.93. The van der Waals surface area contributed by atoms with Crippen LogP contribution in [-0.4, -0.2) is 50.2 Å². The Kier molecular flexibility index (Phi) is 7.21. The molecule has 0 aromatic carbocycles. The molecule has 1 rings (SSSR count). The predicted octanol–water partition coefficient (Wildman–Crippen LogP) is 1.40. The summed E-state index contributed by atoms with van der Waals surface area (Å²) in [4.78, 5) is 13.6. The number of carbonyl (C=O) groups is 1. The van der Waals surface area contributed by atoms with Crippen LogP contribution >= 0.6 is 0 Å². The molecule has 1 unspecified atom stereocenters. The maximum Gasteiger partial charge on any atom is 0.234 e. The van der Waals surface area contributed by atoms with Crippen LogP contribution in [0.1, 0.15) is 39.0 Å². The molecule has 0 aromatic rings. The van der Waals surface area contributed by atoms with E-state index >= 15 is 0 Å². The Balaban J connectivity index is 2.10. The number of hydrogen-bond donors (Lipinski definition) is 1. The minimum Gasteiger partial charge on any atom is -0.377 e. The fraction of sp³-hybridized carbons (Fsp3) is 0.923. The summed E-state index contributed by atoms with van der Waals surface area (Å²) >= 11 is 0. The molecular weight excluding hydrogens is 216 g/mol. The lowest BCUT2D eigenvalue weighted by atomic mass is 10.1. The van der Waals surface area contributed by atoms with Gasteiger partial charge in [-0.25, -0.2) is 0 Å². The number of nitrogens with one attached hydrogen (secondary N) is 1. The molecule has 4 nitrogen and oxygen atoms in total. The van der Waals surface area contributed by atoms with Crippen LogP contribution in [0.4, 0.5) is 0 Å². The Morgan fingerprint density at radius 2 is 2.29 bits per heavy atom. The number of amides is 1. The van der Waals surface area contributed by atoms with Gasteiger partial charge in [0.2, 0.25) is 5.91 Å². The molecule has 0 bridgehead atoms. The lowest BCUT2D eigenvalue weighted by Crippen LogP contribution is -2.40. The standard InChI is InChI=1S/C13H26N2O2/c1-3-4-8-14-13(16)11-15(2)10-12-7-5-6-9-17-12/h12H,3-11H2,1-2H3,(H,14,16). The second kappa shape index (κ2) is 8.48. The van der Waals surface area contributed by atoms with Crippen LogP contribution in [0, 0.1) is 0 Å². The van der Waals surface area contributed by atoms with Crippen LogP contribution in [0.5, 0.6) is 0 Å². The maximum absolute atomic E-state index is 11.6. The second-order valence-corrected chi connectivity index (χ2v) is 4.89. The molecular formula is C13H26N2O2. The van der Waals surface area contributed by atoms with E-state index in [0.29, 0.717) is 12.6 Å². The number of likely N-dealkylation sites (N-methyl/N-ethyl adjacent to an activating group) is 1. The number of ether oxygens (including phenoxy) is 1. The van der Waals surface area contributed by atoms with Gasteiger partial charge in [-0.1, -0.05) is 13.3 Å². The fourth-order valence-corrected chi connectivity index (χ4v) is 2.07. The summed E-state index contributed by atoms with van der Waals surface area (Å²) in [6, 6.07) is 0. The van der Waals surface area contributed by atoms with E-state index in [-0.39, 0.29) is 5.91 Å². The Labute approximate surface area is 105 Å². The van der Waals surface area contributed by atoms with Gasteiger partial charge in [-0.2, -0.15) is 0 Å². The van der Waals surface area contributed by atoms with Gasteiger partial charge < -0.3 is 10.1 Å². The van der Waals surface area contributed by atoms with Crippen molar-refractivity contribution in [1.29, 1.82) is 0 Å². The number of unbranched alkanes of at least 4 members (excludes halogenated alkanes) is 1. The minimum atomic E-state index is 0.122. The molecule has 1 saturated heterocycles. The molecule has 1 heterocycles. The zero-order valence-electron chi connectivity index (χ0n) is 11.2. The SMILES string of the molecule is CCCCNC(=O)CN(C)CC1CCCCO1. The molecule has 0 radical (unpaired) electrons. The van der Waals surface area contributed by atoms with Crippen molar-refractivity contribution in [1.82, 2.24) is 10.2 Å². The van der Waals surface area contributed by atoms with Crippen molar-refractivity contribution >= 4 is 5.91 Å². The summed E-state index contributed by atoms with van der Waals surface area (Å²) in [5.41, 5.74) is 0. The minimum absolute atomic E-state index is 0.122. The summed E-state index contributed by atoms with van der Waals surface area (Å²) in [5.74, 6) is 0.122. The molecule has 100 valence electrons. The van der Waals surface area contributed by atoms with E-state index < -0.39 is 0 Å². The highest BCUT2D eigenvalue weighted by Crippen LogP contribution is 2.13. The van der Waals surface area contributed by atoms with E-state index in [2.05, 4.69) is 17.1 Å². The van der Waals surface area contributed by atoms with E-state index in [1.54, 1.807) is 0 Å². The van der Waals surface area contributed by atoms with Crippen molar-refractivity contribution in [2.45, 2.75) is 45.1 Å². The van der Waals surface area contributed by atoms with E-state index in [0.717, 1.165) is 39.0 Å². The Bertz CT molecular complexity index is 215. The first-order valence-corrected chi connectivity index (χ1v) is 6.79. The highest BCUT2D eigenvalue weighted by atomic mass is 16.5. The monoisotopic (exact) mass is 242 g/mol. The number of rotatable bonds is 7. The summed E-state index contributed by atoms with van der Waals surface area (Å²) in [6.07, 6.45) is 6.05. The molecule has 1 N–H and O–H groups in total. The molecule has 1 aliphatic rings. The van der Waals surface area contributed by atoms with E-state index in [1.165, 1.54) is 12.8 Å². The van der Waals surface area contributed by atoms with E-state index in [9.17, 15) is 4.79 Å². The van der Waals surface area contributed by atoms with Crippen molar-refractivity contribution in [3.05, 3.63) is 0 Å². The summed E-state index contributed by atoms with van der Waals surface area (Å²) in [6.45, 7) is 5.13. The molecule has 1 fully saturated rings. The Hall–Kier alpha value is -0.610. The van der Waals surface area contributed by atoms with Crippen LogP contribution in [0.25, 0.3) is 0 Å². The zero-order valence-corrected chi connectivity index (χ0v) is 11.2. The van der Waals surface area contributed by atoms with E-state index in [4.69, 9.17) is 4.74 Å². The topological polar surface area (TPSA) is 41.6 Å². The van der Waals surface area contributed by atoms with Gasteiger partial charge in [0.25, 0.3) is 0 Å². The van der Waals surface area contributed by atoms with Gasteiger partial charge in [-0.15, -0.1) is 0 Å².